The minimum atomic E-state index is 0.542. The van der Waals surface area contributed by atoms with Crippen LogP contribution < -0.4 is 5.32 Å². The van der Waals surface area contributed by atoms with Gasteiger partial charge >= 0.3 is 0 Å². The van der Waals surface area contributed by atoms with Crippen LogP contribution in [0.2, 0.25) is 0 Å². The highest BCUT2D eigenvalue weighted by Gasteiger charge is 2.34. The molecule has 1 heterocycles. The lowest BCUT2D eigenvalue weighted by Gasteiger charge is -2.36. The monoisotopic (exact) mass is 244 g/mol. The lowest BCUT2D eigenvalue weighted by Crippen LogP contribution is -2.43. The number of hydrogen-bond acceptors (Lipinski definition) is 3. The molecule has 0 aromatic rings. The molecule has 0 saturated carbocycles. The van der Waals surface area contributed by atoms with Crippen molar-refractivity contribution in [2.24, 2.45) is 5.41 Å². The normalized spacial score (nSPS) is 27.6. The summed E-state index contributed by atoms with van der Waals surface area (Å²) in [6, 6.07) is 0.749. The van der Waals surface area contributed by atoms with Crippen molar-refractivity contribution >= 4 is 11.8 Å². The van der Waals surface area contributed by atoms with Crippen LogP contribution in [0.5, 0.6) is 0 Å². The SMILES string of the molecule is CCC(CSC)N(C)CC1(CC)CCNC1. The number of nitrogens with one attached hydrogen (secondary N) is 1. The Kier molecular flexibility index (Phi) is 6.16. The van der Waals surface area contributed by atoms with E-state index in [0.717, 1.165) is 6.04 Å². The van der Waals surface area contributed by atoms with Crippen molar-refractivity contribution in [3.63, 3.8) is 0 Å². The van der Waals surface area contributed by atoms with E-state index in [4.69, 9.17) is 0 Å². The molecule has 16 heavy (non-hydrogen) atoms. The van der Waals surface area contributed by atoms with E-state index in [9.17, 15) is 0 Å². The molecule has 2 atom stereocenters. The van der Waals surface area contributed by atoms with Gasteiger partial charge in [0.05, 0.1) is 0 Å². The van der Waals surface area contributed by atoms with Crippen molar-refractivity contribution in [1.82, 2.24) is 10.2 Å². The zero-order valence-corrected chi connectivity index (χ0v) is 12.2. The topological polar surface area (TPSA) is 15.3 Å². The van der Waals surface area contributed by atoms with Gasteiger partial charge in [0, 0.05) is 24.9 Å². The summed E-state index contributed by atoms with van der Waals surface area (Å²) in [5.41, 5.74) is 0.542. The van der Waals surface area contributed by atoms with Crippen LogP contribution in [0.15, 0.2) is 0 Å². The fourth-order valence-corrected chi connectivity index (χ4v) is 3.63. The summed E-state index contributed by atoms with van der Waals surface area (Å²) in [6.07, 6.45) is 6.14. The molecule has 1 aliphatic rings. The van der Waals surface area contributed by atoms with E-state index < -0.39 is 0 Å². The lowest BCUT2D eigenvalue weighted by atomic mass is 9.83. The van der Waals surface area contributed by atoms with E-state index >= 15 is 0 Å². The molecule has 0 radical (unpaired) electrons. The smallest absolute Gasteiger partial charge is 0.0180 e. The van der Waals surface area contributed by atoms with E-state index in [1.165, 1.54) is 44.6 Å². The van der Waals surface area contributed by atoms with Gasteiger partial charge in [-0.2, -0.15) is 11.8 Å². The highest BCUT2D eigenvalue weighted by molar-refractivity contribution is 7.98. The summed E-state index contributed by atoms with van der Waals surface area (Å²) in [6.45, 7) is 8.33. The number of thioether (sulfide) groups is 1. The standard InChI is InChI=1S/C13H28N2S/c1-5-12(9-16-4)15(3)11-13(6-2)7-8-14-10-13/h12,14H,5-11H2,1-4H3. The van der Waals surface area contributed by atoms with Gasteiger partial charge in [-0.05, 0) is 44.5 Å². The van der Waals surface area contributed by atoms with Gasteiger partial charge < -0.3 is 10.2 Å². The molecule has 2 nitrogen and oxygen atoms in total. The number of hydrogen-bond donors (Lipinski definition) is 1. The Morgan fingerprint density at radius 1 is 1.44 bits per heavy atom. The van der Waals surface area contributed by atoms with Crippen molar-refractivity contribution in [1.29, 1.82) is 0 Å². The van der Waals surface area contributed by atoms with E-state index in [1.807, 2.05) is 11.8 Å². The zero-order chi connectivity index (χ0) is 12.0. The van der Waals surface area contributed by atoms with E-state index in [2.05, 4.69) is 37.4 Å². The van der Waals surface area contributed by atoms with Crippen LogP contribution >= 0.6 is 11.8 Å². The minimum Gasteiger partial charge on any atom is -0.316 e. The van der Waals surface area contributed by atoms with Crippen molar-refractivity contribution in [2.75, 3.05) is 38.7 Å². The van der Waals surface area contributed by atoms with Crippen molar-refractivity contribution in [3.05, 3.63) is 0 Å². The van der Waals surface area contributed by atoms with Gasteiger partial charge in [0.25, 0.3) is 0 Å². The Morgan fingerprint density at radius 3 is 2.62 bits per heavy atom. The Hall–Kier alpha value is 0.270. The molecule has 1 fully saturated rings. The Bertz CT molecular complexity index is 190. The quantitative estimate of drug-likeness (QED) is 0.740. The first-order chi connectivity index (χ1) is 7.67. The molecule has 0 aromatic heterocycles. The largest absolute Gasteiger partial charge is 0.316 e. The van der Waals surface area contributed by atoms with Crippen LogP contribution in [-0.4, -0.2) is 49.6 Å². The molecule has 0 aliphatic carbocycles. The average molecular weight is 244 g/mol. The molecular formula is C13H28N2S. The second-order valence-corrected chi connectivity index (χ2v) is 6.12. The first kappa shape index (κ1) is 14.3. The maximum Gasteiger partial charge on any atom is 0.0180 e. The van der Waals surface area contributed by atoms with Crippen LogP contribution in [0, 0.1) is 5.41 Å². The van der Waals surface area contributed by atoms with Crippen LogP contribution in [0.25, 0.3) is 0 Å². The van der Waals surface area contributed by atoms with Crippen LogP contribution in [-0.2, 0) is 0 Å². The second kappa shape index (κ2) is 6.87. The highest BCUT2D eigenvalue weighted by Crippen LogP contribution is 2.31. The summed E-state index contributed by atoms with van der Waals surface area (Å²) in [5, 5.41) is 3.53. The Morgan fingerprint density at radius 2 is 2.19 bits per heavy atom. The second-order valence-electron chi connectivity index (χ2n) is 5.21. The predicted molar refractivity (Wildman–Crippen MR) is 75.3 cm³/mol. The molecular weight excluding hydrogens is 216 g/mol. The van der Waals surface area contributed by atoms with Gasteiger partial charge in [-0.15, -0.1) is 0 Å². The molecule has 96 valence electrons. The molecule has 3 heteroatoms. The fourth-order valence-electron chi connectivity index (χ4n) is 2.75. The summed E-state index contributed by atoms with van der Waals surface area (Å²) < 4.78 is 0. The zero-order valence-electron chi connectivity index (χ0n) is 11.4. The maximum atomic E-state index is 3.53. The van der Waals surface area contributed by atoms with Gasteiger partial charge in [-0.3, -0.25) is 0 Å². The van der Waals surface area contributed by atoms with Gasteiger partial charge in [0.1, 0.15) is 0 Å². The summed E-state index contributed by atoms with van der Waals surface area (Å²) in [4.78, 5) is 2.59. The molecule has 1 aliphatic heterocycles. The van der Waals surface area contributed by atoms with Crippen LogP contribution in [0.3, 0.4) is 0 Å². The van der Waals surface area contributed by atoms with E-state index in [1.54, 1.807) is 0 Å². The third kappa shape index (κ3) is 3.64. The third-order valence-electron chi connectivity index (χ3n) is 4.12. The van der Waals surface area contributed by atoms with E-state index in [0.29, 0.717) is 5.41 Å². The minimum absolute atomic E-state index is 0.542. The molecule has 1 N–H and O–H groups in total. The predicted octanol–water partition coefficient (Wildman–Crippen LogP) is 2.45. The van der Waals surface area contributed by atoms with Gasteiger partial charge in [-0.25, -0.2) is 0 Å². The fraction of sp³-hybridized carbons (Fsp3) is 1.00. The number of nitrogens with zero attached hydrogens (tertiary/aromatic N) is 1. The van der Waals surface area contributed by atoms with Crippen LogP contribution in [0.1, 0.15) is 33.1 Å². The summed E-state index contributed by atoms with van der Waals surface area (Å²) in [5.74, 6) is 1.26. The molecule has 0 amide bonds. The average Bonchev–Trinajstić information content (AvgIpc) is 2.75. The van der Waals surface area contributed by atoms with Crippen molar-refractivity contribution in [2.45, 2.75) is 39.2 Å². The molecule has 0 aromatic carbocycles. The molecule has 2 unspecified atom stereocenters. The first-order valence-corrected chi connectivity index (χ1v) is 7.96. The van der Waals surface area contributed by atoms with Gasteiger partial charge in [0.2, 0.25) is 0 Å². The Balaban J connectivity index is 2.49. The van der Waals surface area contributed by atoms with Gasteiger partial charge in [-0.1, -0.05) is 13.8 Å². The molecule has 1 rings (SSSR count). The molecule has 0 spiro atoms. The molecule has 1 saturated heterocycles. The van der Waals surface area contributed by atoms with Crippen molar-refractivity contribution in [3.8, 4) is 0 Å². The number of rotatable bonds is 7. The maximum absolute atomic E-state index is 3.53. The molecule has 0 bridgehead atoms. The van der Waals surface area contributed by atoms with Crippen LogP contribution in [0.4, 0.5) is 0 Å². The summed E-state index contributed by atoms with van der Waals surface area (Å²) in [7, 11) is 2.31. The first-order valence-electron chi connectivity index (χ1n) is 6.57. The van der Waals surface area contributed by atoms with Gasteiger partial charge in [0.15, 0.2) is 0 Å². The van der Waals surface area contributed by atoms with Crippen molar-refractivity contribution < 1.29 is 0 Å². The van der Waals surface area contributed by atoms with E-state index in [-0.39, 0.29) is 0 Å². The lowest BCUT2D eigenvalue weighted by molar-refractivity contribution is 0.150. The Labute approximate surface area is 106 Å². The summed E-state index contributed by atoms with van der Waals surface area (Å²) >= 11 is 1.97. The third-order valence-corrected chi connectivity index (χ3v) is 4.84. The highest BCUT2D eigenvalue weighted by atomic mass is 32.2.